The number of hydrogen-bond acceptors (Lipinski definition) is 4. The summed E-state index contributed by atoms with van der Waals surface area (Å²) in [5.41, 5.74) is 0.565. The van der Waals surface area contributed by atoms with Crippen molar-refractivity contribution in [1.82, 2.24) is 0 Å². The highest BCUT2D eigenvalue weighted by atomic mass is 35.5. The molecule has 0 saturated carbocycles. The zero-order valence-electron chi connectivity index (χ0n) is 10.6. The summed E-state index contributed by atoms with van der Waals surface area (Å²) in [7, 11) is -3.60. The lowest BCUT2D eigenvalue weighted by Gasteiger charge is -2.33. The molecule has 2 aromatic rings. The summed E-state index contributed by atoms with van der Waals surface area (Å²) in [6.07, 6.45) is -0.199. The second kappa shape index (κ2) is 4.95. The molecule has 0 bridgehead atoms. The quantitative estimate of drug-likeness (QED) is 0.848. The Labute approximate surface area is 126 Å². The van der Waals surface area contributed by atoms with Gasteiger partial charge in [-0.25, -0.2) is 8.42 Å². The van der Waals surface area contributed by atoms with Crippen molar-refractivity contribution in [3.8, 4) is 5.75 Å². The van der Waals surface area contributed by atoms with Crippen molar-refractivity contribution in [2.75, 3.05) is 10.8 Å². The summed E-state index contributed by atoms with van der Waals surface area (Å²) in [5, 5.41) is 0. The van der Waals surface area contributed by atoms with Gasteiger partial charge in [-0.15, -0.1) is 11.3 Å². The highest BCUT2D eigenvalue weighted by molar-refractivity contribution is 7.94. The summed E-state index contributed by atoms with van der Waals surface area (Å²) in [6.45, 7) is 2.13. The van der Waals surface area contributed by atoms with Crippen LogP contribution in [-0.2, 0) is 10.0 Å². The number of sulfonamides is 1. The number of benzene rings is 1. The molecule has 3 rings (SSSR count). The second-order valence-corrected chi connectivity index (χ2v) is 8.30. The van der Waals surface area contributed by atoms with Crippen LogP contribution in [0.5, 0.6) is 5.75 Å². The van der Waals surface area contributed by atoms with Gasteiger partial charge in [-0.3, -0.25) is 4.31 Å². The van der Waals surface area contributed by atoms with Gasteiger partial charge < -0.3 is 4.74 Å². The lowest BCUT2D eigenvalue weighted by atomic mass is 10.2. The Hall–Kier alpha value is -1.24. The van der Waals surface area contributed by atoms with Crippen LogP contribution in [0.15, 0.2) is 40.6 Å². The van der Waals surface area contributed by atoms with Crippen molar-refractivity contribution in [2.45, 2.75) is 17.2 Å². The first-order chi connectivity index (χ1) is 9.48. The molecule has 0 fully saturated rings. The first-order valence-electron chi connectivity index (χ1n) is 6.02. The largest absolute Gasteiger partial charge is 0.487 e. The van der Waals surface area contributed by atoms with Gasteiger partial charge in [0.05, 0.1) is 16.6 Å². The lowest BCUT2D eigenvalue weighted by molar-refractivity contribution is 0.219. The number of rotatable bonds is 2. The summed E-state index contributed by atoms with van der Waals surface area (Å²) in [6, 6.07) is 10.3. The van der Waals surface area contributed by atoms with Crippen LogP contribution in [-0.4, -0.2) is 21.1 Å². The van der Waals surface area contributed by atoms with Crippen LogP contribution >= 0.6 is 22.9 Å². The highest BCUT2D eigenvalue weighted by Gasteiger charge is 2.33. The summed E-state index contributed by atoms with van der Waals surface area (Å²) in [4.78, 5) is 0. The molecular formula is C13H12ClNO3S2. The Kier molecular flexibility index (Phi) is 3.40. The fraction of sp³-hybridized carbons (Fsp3) is 0.231. The smallest absolute Gasteiger partial charge is 0.274 e. The molecule has 1 aromatic carbocycles. The Balaban J connectivity index is 2.10. The lowest BCUT2D eigenvalue weighted by Crippen LogP contribution is -2.41. The third-order valence-corrected chi connectivity index (χ3v) is 6.46. The minimum atomic E-state index is -3.60. The predicted octanol–water partition coefficient (Wildman–Crippen LogP) is 3.38. The van der Waals surface area contributed by atoms with E-state index in [0.717, 1.165) is 11.3 Å². The zero-order valence-corrected chi connectivity index (χ0v) is 13.0. The number of para-hydroxylation sites is 2. The number of thiophene rings is 1. The topological polar surface area (TPSA) is 46.6 Å². The van der Waals surface area contributed by atoms with Crippen molar-refractivity contribution >= 4 is 38.6 Å². The van der Waals surface area contributed by atoms with E-state index in [9.17, 15) is 8.42 Å². The van der Waals surface area contributed by atoms with Crippen LogP contribution in [0.4, 0.5) is 5.69 Å². The minimum Gasteiger partial charge on any atom is -0.487 e. The molecule has 0 spiro atoms. The summed E-state index contributed by atoms with van der Waals surface area (Å²) in [5.74, 6) is 0.581. The van der Waals surface area contributed by atoms with E-state index in [0.29, 0.717) is 15.8 Å². The molecule has 0 saturated heterocycles. The standard InChI is InChI=1S/C13H12ClNO3S2/c1-9-8-15(10-4-2-3-5-11(10)18-9)20(16,17)13-7-6-12(14)19-13/h2-7,9H,8H2,1H3. The molecular weight excluding hydrogens is 318 g/mol. The Morgan fingerprint density at radius 1 is 1.30 bits per heavy atom. The molecule has 1 aliphatic rings. The van der Waals surface area contributed by atoms with Crippen LogP contribution in [0.25, 0.3) is 0 Å². The number of fused-ring (bicyclic) bond motifs is 1. The van der Waals surface area contributed by atoms with Gasteiger partial charge in [-0.1, -0.05) is 23.7 Å². The van der Waals surface area contributed by atoms with Gasteiger partial charge in [0.2, 0.25) is 0 Å². The van der Waals surface area contributed by atoms with E-state index in [1.54, 1.807) is 24.3 Å². The number of nitrogens with zero attached hydrogens (tertiary/aromatic N) is 1. The van der Waals surface area contributed by atoms with Gasteiger partial charge in [0.15, 0.2) is 0 Å². The molecule has 2 heterocycles. The predicted molar refractivity (Wildman–Crippen MR) is 80.4 cm³/mol. The van der Waals surface area contributed by atoms with Gasteiger partial charge in [-0.05, 0) is 31.2 Å². The number of hydrogen-bond donors (Lipinski definition) is 0. The minimum absolute atomic E-state index is 0.199. The van der Waals surface area contributed by atoms with Gasteiger partial charge in [0, 0.05) is 0 Å². The molecule has 4 nitrogen and oxygen atoms in total. The van der Waals surface area contributed by atoms with E-state index in [4.69, 9.17) is 16.3 Å². The van der Waals surface area contributed by atoms with Crippen molar-refractivity contribution in [1.29, 1.82) is 0 Å². The van der Waals surface area contributed by atoms with Crippen LogP contribution in [0.1, 0.15) is 6.92 Å². The number of anilines is 1. The molecule has 1 aliphatic heterocycles. The maximum Gasteiger partial charge on any atom is 0.274 e. The molecule has 0 radical (unpaired) electrons. The van der Waals surface area contributed by atoms with Crippen LogP contribution in [0, 0.1) is 0 Å². The zero-order chi connectivity index (χ0) is 14.3. The molecule has 0 amide bonds. The highest BCUT2D eigenvalue weighted by Crippen LogP contribution is 2.38. The summed E-state index contributed by atoms with van der Waals surface area (Å²) >= 11 is 6.90. The number of halogens is 1. The third kappa shape index (κ3) is 2.28. The van der Waals surface area contributed by atoms with Gasteiger partial charge in [0.1, 0.15) is 16.1 Å². The van der Waals surface area contributed by atoms with Gasteiger partial charge in [-0.2, -0.15) is 0 Å². The van der Waals surface area contributed by atoms with Crippen LogP contribution in [0.3, 0.4) is 0 Å². The molecule has 7 heteroatoms. The molecule has 20 heavy (non-hydrogen) atoms. The summed E-state index contributed by atoms with van der Waals surface area (Å²) < 4.78 is 33.2. The average Bonchev–Trinajstić information content (AvgIpc) is 2.85. The molecule has 106 valence electrons. The molecule has 0 N–H and O–H groups in total. The maximum absolute atomic E-state index is 12.7. The van der Waals surface area contributed by atoms with E-state index in [1.165, 1.54) is 10.4 Å². The van der Waals surface area contributed by atoms with E-state index < -0.39 is 10.0 Å². The van der Waals surface area contributed by atoms with Crippen molar-refractivity contribution in [3.05, 3.63) is 40.7 Å². The van der Waals surface area contributed by atoms with Crippen molar-refractivity contribution < 1.29 is 13.2 Å². The van der Waals surface area contributed by atoms with Crippen LogP contribution < -0.4 is 9.04 Å². The Morgan fingerprint density at radius 2 is 2.05 bits per heavy atom. The molecule has 0 aliphatic carbocycles. The molecule has 1 unspecified atom stereocenters. The first kappa shape index (κ1) is 13.7. The number of ether oxygens (including phenoxy) is 1. The maximum atomic E-state index is 12.7. The normalized spacial score (nSPS) is 18.5. The average molecular weight is 330 g/mol. The Bertz CT molecular complexity index is 742. The van der Waals surface area contributed by atoms with E-state index in [-0.39, 0.29) is 16.9 Å². The molecule has 1 atom stereocenters. The SMILES string of the molecule is CC1CN(S(=O)(=O)c2ccc(Cl)s2)c2ccccc2O1. The van der Waals surface area contributed by atoms with E-state index in [1.807, 2.05) is 13.0 Å². The molecule has 1 aromatic heterocycles. The third-order valence-electron chi connectivity index (χ3n) is 2.98. The fourth-order valence-electron chi connectivity index (χ4n) is 2.12. The Morgan fingerprint density at radius 3 is 2.75 bits per heavy atom. The van der Waals surface area contributed by atoms with E-state index in [2.05, 4.69) is 0 Å². The first-order valence-corrected chi connectivity index (χ1v) is 8.66. The van der Waals surface area contributed by atoms with Crippen LogP contribution in [0.2, 0.25) is 4.34 Å². The fourth-order valence-corrected chi connectivity index (χ4v) is 5.27. The van der Waals surface area contributed by atoms with E-state index >= 15 is 0 Å². The second-order valence-electron chi connectivity index (χ2n) is 4.49. The monoisotopic (exact) mass is 329 g/mol. The van der Waals surface area contributed by atoms with Gasteiger partial charge >= 0.3 is 0 Å². The van der Waals surface area contributed by atoms with Gasteiger partial charge in [0.25, 0.3) is 10.0 Å². The van der Waals surface area contributed by atoms with Crippen molar-refractivity contribution in [2.24, 2.45) is 0 Å². The van der Waals surface area contributed by atoms with Crippen molar-refractivity contribution in [3.63, 3.8) is 0 Å².